The van der Waals surface area contributed by atoms with Crippen molar-refractivity contribution in [2.45, 2.75) is 58.3 Å². The van der Waals surface area contributed by atoms with Crippen molar-refractivity contribution in [3.05, 3.63) is 23.0 Å². The maximum absolute atomic E-state index is 9.47. The Morgan fingerprint density at radius 3 is 2.58 bits per heavy atom. The number of nitrogens with zero attached hydrogens (tertiary/aromatic N) is 1. The Hall–Kier alpha value is -1.13. The van der Waals surface area contributed by atoms with E-state index in [9.17, 15) is 5.11 Å². The molecular formula is C15H23NO3. The second-order valence-electron chi connectivity index (χ2n) is 5.29. The van der Waals surface area contributed by atoms with Crippen LogP contribution in [-0.4, -0.2) is 29.4 Å². The van der Waals surface area contributed by atoms with Crippen molar-refractivity contribution in [1.29, 1.82) is 0 Å². The van der Waals surface area contributed by atoms with E-state index < -0.39 is 0 Å². The van der Waals surface area contributed by atoms with Gasteiger partial charge >= 0.3 is 0 Å². The van der Waals surface area contributed by atoms with Gasteiger partial charge in [-0.1, -0.05) is 0 Å². The van der Waals surface area contributed by atoms with Gasteiger partial charge in [0.2, 0.25) is 0 Å². The van der Waals surface area contributed by atoms with Crippen LogP contribution in [0, 0.1) is 13.8 Å². The Bertz CT molecular complexity index is 426. The van der Waals surface area contributed by atoms with E-state index in [1.807, 2.05) is 20.0 Å². The molecule has 0 radical (unpaired) electrons. The predicted octanol–water partition coefficient (Wildman–Crippen LogP) is 2.53. The highest BCUT2D eigenvalue weighted by atomic mass is 16.5. The minimum Gasteiger partial charge on any atom is -0.496 e. The number of hydrogen-bond acceptors (Lipinski definition) is 4. The lowest BCUT2D eigenvalue weighted by atomic mass is 9.95. The maximum Gasteiger partial charge on any atom is 0.128 e. The molecule has 1 heterocycles. The summed E-state index contributed by atoms with van der Waals surface area (Å²) in [7, 11) is 1.68. The first-order chi connectivity index (χ1) is 9.11. The number of aryl methyl sites for hydroxylation is 1. The van der Waals surface area contributed by atoms with Gasteiger partial charge in [0.1, 0.15) is 5.75 Å². The molecule has 106 valence electrons. The number of aromatic nitrogens is 1. The van der Waals surface area contributed by atoms with E-state index in [4.69, 9.17) is 9.47 Å². The SMILES string of the molecule is COc1c(C)cnc(COC2CCC(O)CC2)c1C. The summed E-state index contributed by atoms with van der Waals surface area (Å²) in [5.74, 6) is 0.896. The lowest BCUT2D eigenvalue weighted by Gasteiger charge is -2.25. The van der Waals surface area contributed by atoms with Crippen LogP contribution in [0.4, 0.5) is 0 Å². The molecule has 1 saturated carbocycles. The summed E-state index contributed by atoms with van der Waals surface area (Å²) in [6.07, 6.45) is 5.49. The topological polar surface area (TPSA) is 51.6 Å². The van der Waals surface area contributed by atoms with Crippen molar-refractivity contribution in [2.24, 2.45) is 0 Å². The highest BCUT2D eigenvalue weighted by Crippen LogP contribution is 2.26. The summed E-state index contributed by atoms with van der Waals surface area (Å²) >= 11 is 0. The van der Waals surface area contributed by atoms with Crippen molar-refractivity contribution >= 4 is 0 Å². The van der Waals surface area contributed by atoms with E-state index in [0.717, 1.165) is 48.3 Å². The zero-order valence-corrected chi connectivity index (χ0v) is 12.0. The highest BCUT2D eigenvalue weighted by molar-refractivity contribution is 5.40. The van der Waals surface area contributed by atoms with Crippen LogP contribution in [0.25, 0.3) is 0 Å². The largest absolute Gasteiger partial charge is 0.496 e. The third kappa shape index (κ3) is 3.45. The highest BCUT2D eigenvalue weighted by Gasteiger charge is 2.20. The molecule has 0 atom stereocenters. The molecule has 1 aromatic rings. The molecule has 4 heteroatoms. The number of methoxy groups -OCH3 is 1. The van der Waals surface area contributed by atoms with Gasteiger partial charge in [-0.05, 0) is 39.5 Å². The Balaban J connectivity index is 1.96. The van der Waals surface area contributed by atoms with Gasteiger partial charge in [0.25, 0.3) is 0 Å². The van der Waals surface area contributed by atoms with Crippen molar-refractivity contribution in [2.75, 3.05) is 7.11 Å². The van der Waals surface area contributed by atoms with Gasteiger partial charge in [-0.15, -0.1) is 0 Å². The van der Waals surface area contributed by atoms with Gasteiger partial charge in [-0.2, -0.15) is 0 Å². The standard InChI is InChI=1S/C15H23NO3/c1-10-8-16-14(11(2)15(10)18-3)9-19-13-6-4-12(17)5-7-13/h8,12-13,17H,4-7,9H2,1-3H3. The Kier molecular flexibility index (Phi) is 4.77. The monoisotopic (exact) mass is 265 g/mol. The zero-order chi connectivity index (χ0) is 13.8. The number of aliphatic hydroxyl groups is 1. The molecule has 4 nitrogen and oxygen atoms in total. The van der Waals surface area contributed by atoms with Crippen LogP contribution >= 0.6 is 0 Å². The molecule has 1 aromatic heterocycles. The summed E-state index contributed by atoms with van der Waals surface area (Å²) < 4.78 is 11.3. The zero-order valence-electron chi connectivity index (χ0n) is 12.0. The van der Waals surface area contributed by atoms with Gasteiger partial charge < -0.3 is 14.6 Å². The lowest BCUT2D eigenvalue weighted by Crippen LogP contribution is -2.24. The van der Waals surface area contributed by atoms with Crippen molar-refractivity contribution < 1.29 is 14.6 Å². The van der Waals surface area contributed by atoms with Gasteiger partial charge in [0.15, 0.2) is 0 Å². The molecule has 0 aliphatic heterocycles. The summed E-state index contributed by atoms with van der Waals surface area (Å²) in [5, 5.41) is 9.47. The molecule has 0 amide bonds. The molecule has 1 N–H and O–H groups in total. The summed E-state index contributed by atoms with van der Waals surface area (Å²) in [5.41, 5.74) is 3.04. The normalized spacial score (nSPS) is 23.4. The summed E-state index contributed by atoms with van der Waals surface area (Å²) in [6.45, 7) is 4.53. The second-order valence-corrected chi connectivity index (χ2v) is 5.29. The summed E-state index contributed by atoms with van der Waals surface area (Å²) in [4.78, 5) is 4.43. The van der Waals surface area contributed by atoms with Crippen LogP contribution in [0.5, 0.6) is 5.75 Å². The van der Waals surface area contributed by atoms with Gasteiger partial charge in [0, 0.05) is 17.3 Å². The van der Waals surface area contributed by atoms with Crippen LogP contribution in [0.2, 0.25) is 0 Å². The molecule has 2 rings (SSSR count). The quantitative estimate of drug-likeness (QED) is 0.909. The molecule has 0 bridgehead atoms. The second kappa shape index (κ2) is 6.35. The van der Waals surface area contributed by atoms with Crippen molar-refractivity contribution in [3.8, 4) is 5.75 Å². The van der Waals surface area contributed by atoms with Crippen molar-refractivity contribution in [3.63, 3.8) is 0 Å². The van der Waals surface area contributed by atoms with Crippen LogP contribution in [0.3, 0.4) is 0 Å². The molecule has 0 spiro atoms. The Labute approximate surface area is 114 Å². The molecule has 0 saturated heterocycles. The van der Waals surface area contributed by atoms with Crippen molar-refractivity contribution in [1.82, 2.24) is 4.98 Å². The van der Waals surface area contributed by atoms with Crippen LogP contribution in [0.1, 0.15) is 42.5 Å². The lowest BCUT2D eigenvalue weighted by molar-refractivity contribution is -0.0132. The number of rotatable bonds is 4. The number of pyridine rings is 1. The van der Waals surface area contributed by atoms with E-state index in [2.05, 4.69) is 4.98 Å². The first-order valence-corrected chi connectivity index (χ1v) is 6.90. The average molecular weight is 265 g/mol. The molecule has 0 aromatic carbocycles. The van der Waals surface area contributed by atoms with Gasteiger partial charge in [-0.3, -0.25) is 4.98 Å². The smallest absolute Gasteiger partial charge is 0.128 e. The molecule has 1 aliphatic rings. The van der Waals surface area contributed by atoms with Crippen LogP contribution in [-0.2, 0) is 11.3 Å². The molecule has 1 aliphatic carbocycles. The first kappa shape index (κ1) is 14.3. The average Bonchev–Trinajstić information content (AvgIpc) is 2.40. The summed E-state index contributed by atoms with van der Waals surface area (Å²) in [6, 6.07) is 0. The van der Waals surface area contributed by atoms with Crippen LogP contribution in [0.15, 0.2) is 6.20 Å². The van der Waals surface area contributed by atoms with E-state index in [1.165, 1.54) is 0 Å². The minimum atomic E-state index is -0.140. The van der Waals surface area contributed by atoms with E-state index in [-0.39, 0.29) is 12.2 Å². The fourth-order valence-electron chi connectivity index (χ4n) is 2.63. The third-order valence-electron chi connectivity index (χ3n) is 3.85. The molecule has 0 unspecified atom stereocenters. The van der Waals surface area contributed by atoms with Crippen LogP contribution < -0.4 is 4.74 Å². The fraction of sp³-hybridized carbons (Fsp3) is 0.667. The van der Waals surface area contributed by atoms with E-state index in [0.29, 0.717) is 6.61 Å². The molecule has 1 fully saturated rings. The van der Waals surface area contributed by atoms with E-state index in [1.54, 1.807) is 7.11 Å². The minimum absolute atomic E-state index is 0.140. The fourth-order valence-corrected chi connectivity index (χ4v) is 2.63. The Morgan fingerprint density at radius 2 is 1.95 bits per heavy atom. The third-order valence-corrected chi connectivity index (χ3v) is 3.85. The van der Waals surface area contributed by atoms with Gasteiger partial charge in [-0.25, -0.2) is 0 Å². The van der Waals surface area contributed by atoms with Gasteiger partial charge in [0.05, 0.1) is 31.6 Å². The number of aliphatic hydroxyl groups excluding tert-OH is 1. The molecular weight excluding hydrogens is 242 g/mol. The first-order valence-electron chi connectivity index (χ1n) is 6.90. The predicted molar refractivity (Wildman–Crippen MR) is 73.3 cm³/mol. The maximum atomic E-state index is 9.47. The Morgan fingerprint density at radius 1 is 1.26 bits per heavy atom. The number of ether oxygens (including phenoxy) is 2. The number of hydrogen-bond donors (Lipinski definition) is 1. The van der Waals surface area contributed by atoms with E-state index >= 15 is 0 Å². The molecule has 19 heavy (non-hydrogen) atoms.